The van der Waals surface area contributed by atoms with Crippen molar-refractivity contribution in [2.75, 3.05) is 0 Å². The molecule has 1 fully saturated rings. The molecule has 0 nitrogen and oxygen atoms in total. The van der Waals surface area contributed by atoms with E-state index in [1.54, 1.807) is 0 Å². The minimum absolute atomic E-state index is 1.28. The predicted molar refractivity (Wildman–Crippen MR) is 27.3 cm³/mol. The number of rotatable bonds is 0. The summed E-state index contributed by atoms with van der Waals surface area (Å²) < 4.78 is 71.7. The average molecular weight is 196 g/mol. The fourth-order valence-corrected chi connectivity index (χ4v) is 1.46. The summed E-state index contributed by atoms with van der Waals surface area (Å²) >= 11 is -1.28. The van der Waals surface area contributed by atoms with Crippen molar-refractivity contribution in [3.05, 3.63) is 0 Å². The van der Waals surface area contributed by atoms with E-state index in [-0.39, 0.29) is 0 Å². The van der Waals surface area contributed by atoms with E-state index in [4.69, 9.17) is 0 Å². The van der Waals surface area contributed by atoms with Gasteiger partial charge in [-0.15, -0.1) is 0 Å². The van der Waals surface area contributed by atoms with Crippen LogP contribution in [0.4, 0.5) is 26.3 Å². The Kier molecular flexibility index (Phi) is 1.81. The average Bonchev–Trinajstić information content (AvgIpc) is 1.91. The first-order valence-electron chi connectivity index (χ1n) is 2.51. The molecule has 1 heterocycles. The standard InChI is InChI=1S/C4H2F6S/c5-1-2(6)4(9,10)11-3(1,7)8/h1-2H. The molecule has 1 aliphatic heterocycles. The van der Waals surface area contributed by atoms with Gasteiger partial charge in [0.1, 0.15) is 0 Å². The Morgan fingerprint density at radius 1 is 0.818 bits per heavy atom. The zero-order valence-corrected chi connectivity index (χ0v) is 5.65. The molecule has 0 radical (unpaired) electrons. The van der Waals surface area contributed by atoms with E-state index in [9.17, 15) is 26.3 Å². The van der Waals surface area contributed by atoms with E-state index in [1.165, 1.54) is 0 Å². The summed E-state index contributed by atoms with van der Waals surface area (Å²) in [6.07, 6.45) is -6.83. The summed E-state index contributed by atoms with van der Waals surface area (Å²) in [6, 6.07) is 0. The van der Waals surface area contributed by atoms with Crippen molar-refractivity contribution in [3.8, 4) is 0 Å². The van der Waals surface area contributed by atoms with Crippen LogP contribution in [-0.4, -0.2) is 22.9 Å². The normalized spacial score (nSPS) is 40.9. The van der Waals surface area contributed by atoms with Crippen LogP contribution in [0.5, 0.6) is 0 Å². The lowest BCUT2D eigenvalue weighted by Crippen LogP contribution is -2.30. The van der Waals surface area contributed by atoms with Crippen LogP contribution in [0.15, 0.2) is 0 Å². The summed E-state index contributed by atoms with van der Waals surface area (Å²) in [5, 5.41) is -8.63. The van der Waals surface area contributed by atoms with Crippen LogP contribution in [0.25, 0.3) is 0 Å². The van der Waals surface area contributed by atoms with E-state index in [1.807, 2.05) is 0 Å². The lowest BCUT2D eigenvalue weighted by atomic mass is 10.2. The zero-order chi connectivity index (χ0) is 8.86. The van der Waals surface area contributed by atoms with Gasteiger partial charge in [0.2, 0.25) is 12.3 Å². The van der Waals surface area contributed by atoms with Gasteiger partial charge in [-0.1, -0.05) is 0 Å². The fraction of sp³-hybridized carbons (Fsp3) is 1.00. The molecule has 0 amide bonds. The van der Waals surface area contributed by atoms with Gasteiger partial charge < -0.3 is 0 Å². The van der Waals surface area contributed by atoms with Gasteiger partial charge in [-0.05, 0) is 11.8 Å². The van der Waals surface area contributed by atoms with E-state index in [0.717, 1.165) is 0 Å². The van der Waals surface area contributed by atoms with Crippen molar-refractivity contribution < 1.29 is 26.3 Å². The lowest BCUT2D eigenvalue weighted by molar-refractivity contribution is -0.0570. The van der Waals surface area contributed by atoms with E-state index >= 15 is 0 Å². The molecule has 0 spiro atoms. The first-order chi connectivity index (χ1) is 4.77. The second-order valence-corrected chi connectivity index (χ2v) is 3.32. The van der Waals surface area contributed by atoms with E-state index < -0.39 is 34.6 Å². The van der Waals surface area contributed by atoms with E-state index in [0.29, 0.717) is 0 Å². The highest BCUT2D eigenvalue weighted by atomic mass is 32.2. The highest BCUT2D eigenvalue weighted by Gasteiger charge is 2.68. The van der Waals surface area contributed by atoms with Gasteiger partial charge in [-0.3, -0.25) is 0 Å². The van der Waals surface area contributed by atoms with Crippen LogP contribution in [0.1, 0.15) is 0 Å². The molecule has 0 aromatic rings. The maximum Gasteiger partial charge on any atom is 0.333 e. The van der Waals surface area contributed by atoms with Crippen LogP contribution >= 0.6 is 11.8 Å². The summed E-state index contributed by atoms with van der Waals surface area (Å²) in [7, 11) is 0. The van der Waals surface area contributed by atoms with Gasteiger partial charge in [0, 0.05) is 0 Å². The van der Waals surface area contributed by atoms with Crippen molar-refractivity contribution in [3.63, 3.8) is 0 Å². The van der Waals surface area contributed by atoms with Gasteiger partial charge >= 0.3 is 10.5 Å². The fourth-order valence-electron chi connectivity index (χ4n) is 0.635. The SMILES string of the molecule is FC1C(F)C(F)(F)SC1(F)F. The first kappa shape index (κ1) is 9.02. The molecule has 0 N–H and O–H groups in total. The molecule has 1 rings (SSSR count). The number of hydrogen-bond acceptors (Lipinski definition) is 1. The minimum atomic E-state index is -4.32. The Balaban J connectivity index is 2.86. The molecule has 0 saturated carbocycles. The first-order valence-corrected chi connectivity index (χ1v) is 3.33. The minimum Gasteiger partial charge on any atom is -0.236 e. The van der Waals surface area contributed by atoms with Crippen LogP contribution < -0.4 is 0 Å². The molecule has 1 saturated heterocycles. The molecule has 2 atom stereocenters. The Morgan fingerprint density at radius 3 is 1.18 bits per heavy atom. The monoisotopic (exact) mass is 196 g/mol. The van der Waals surface area contributed by atoms with Crippen molar-refractivity contribution in [1.82, 2.24) is 0 Å². The molecule has 0 aromatic carbocycles. The Hall–Kier alpha value is -0.0700. The Labute approximate surface area is 61.9 Å². The molecule has 66 valence electrons. The quantitative estimate of drug-likeness (QED) is 0.536. The molecule has 0 aliphatic carbocycles. The maximum atomic E-state index is 12.0. The van der Waals surface area contributed by atoms with Gasteiger partial charge in [-0.2, -0.15) is 17.6 Å². The van der Waals surface area contributed by atoms with Crippen molar-refractivity contribution >= 4 is 11.8 Å². The maximum absolute atomic E-state index is 12.0. The molecular formula is C4H2F6S. The highest BCUT2D eigenvalue weighted by molar-refractivity contribution is 8.01. The lowest BCUT2D eigenvalue weighted by Gasteiger charge is -2.07. The summed E-state index contributed by atoms with van der Waals surface area (Å²) in [5.74, 6) is 0. The molecule has 1 aliphatic rings. The van der Waals surface area contributed by atoms with Crippen molar-refractivity contribution in [2.45, 2.75) is 22.9 Å². The van der Waals surface area contributed by atoms with Crippen LogP contribution in [0, 0.1) is 0 Å². The molecular weight excluding hydrogens is 194 g/mol. The third kappa shape index (κ3) is 1.30. The third-order valence-corrected chi connectivity index (χ3v) is 2.17. The molecule has 2 unspecified atom stereocenters. The number of hydrogen-bond donors (Lipinski definition) is 0. The zero-order valence-electron chi connectivity index (χ0n) is 4.83. The number of alkyl halides is 6. The van der Waals surface area contributed by atoms with Crippen LogP contribution in [0.2, 0.25) is 0 Å². The number of halogens is 6. The third-order valence-electron chi connectivity index (χ3n) is 1.17. The van der Waals surface area contributed by atoms with Gasteiger partial charge in [0.15, 0.2) is 0 Å². The van der Waals surface area contributed by atoms with Crippen LogP contribution in [-0.2, 0) is 0 Å². The predicted octanol–water partition coefficient (Wildman–Crippen LogP) is 2.60. The second-order valence-electron chi connectivity index (χ2n) is 2.03. The van der Waals surface area contributed by atoms with Gasteiger partial charge in [-0.25, -0.2) is 8.78 Å². The molecule has 0 bridgehead atoms. The Morgan fingerprint density at radius 2 is 1.09 bits per heavy atom. The Bertz CT molecular complexity index is 150. The second kappa shape index (κ2) is 2.21. The molecule has 7 heteroatoms. The summed E-state index contributed by atoms with van der Waals surface area (Å²) in [6.45, 7) is 0. The van der Waals surface area contributed by atoms with Crippen molar-refractivity contribution in [1.29, 1.82) is 0 Å². The van der Waals surface area contributed by atoms with Gasteiger partial charge in [0.25, 0.3) is 0 Å². The largest absolute Gasteiger partial charge is 0.333 e. The van der Waals surface area contributed by atoms with Crippen LogP contribution in [0.3, 0.4) is 0 Å². The van der Waals surface area contributed by atoms with Gasteiger partial charge in [0.05, 0.1) is 0 Å². The van der Waals surface area contributed by atoms with E-state index in [2.05, 4.69) is 0 Å². The molecule has 11 heavy (non-hydrogen) atoms. The summed E-state index contributed by atoms with van der Waals surface area (Å²) in [4.78, 5) is 0. The van der Waals surface area contributed by atoms with Crippen molar-refractivity contribution in [2.24, 2.45) is 0 Å². The summed E-state index contributed by atoms with van der Waals surface area (Å²) in [5.41, 5.74) is 0. The highest BCUT2D eigenvalue weighted by Crippen LogP contribution is 2.56. The number of thioether (sulfide) groups is 1. The molecule has 0 aromatic heterocycles. The topological polar surface area (TPSA) is 0 Å². The smallest absolute Gasteiger partial charge is 0.236 e.